The third-order valence-corrected chi connectivity index (χ3v) is 7.92. The maximum atomic E-state index is 4.73. The van der Waals surface area contributed by atoms with Crippen molar-refractivity contribution in [3.05, 3.63) is 101 Å². The lowest BCUT2D eigenvalue weighted by atomic mass is 9.78. The van der Waals surface area contributed by atoms with Crippen LogP contribution in [0.4, 0.5) is 0 Å². The SMILES string of the molecule is CCCCCCc1ccc(-n2c(-c3ccc(C(C)(C)c4ccccc4)cc3)nnc2C(C)CC)c(C)c1. The van der Waals surface area contributed by atoms with Crippen LogP contribution in [0.25, 0.3) is 17.1 Å². The smallest absolute Gasteiger partial charge is 0.168 e. The molecule has 3 aromatic carbocycles. The van der Waals surface area contributed by atoms with Crippen molar-refractivity contribution in [1.29, 1.82) is 0 Å². The summed E-state index contributed by atoms with van der Waals surface area (Å²) in [5.41, 5.74) is 7.51. The number of nitrogens with zero attached hydrogens (tertiary/aromatic N) is 3. The minimum Gasteiger partial charge on any atom is -0.279 e. The van der Waals surface area contributed by atoms with Gasteiger partial charge in [0.1, 0.15) is 5.82 Å². The van der Waals surface area contributed by atoms with Gasteiger partial charge >= 0.3 is 0 Å². The Bertz CT molecular complexity index is 1280. The Labute approximate surface area is 224 Å². The van der Waals surface area contributed by atoms with Gasteiger partial charge in [-0.15, -0.1) is 10.2 Å². The molecule has 0 radical (unpaired) electrons. The van der Waals surface area contributed by atoms with E-state index in [0.29, 0.717) is 5.92 Å². The zero-order chi connectivity index (χ0) is 26.4. The lowest BCUT2D eigenvalue weighted by molar-refractivity contribution is 0.641. The maximum absolute atomic E-state index is 4.73. The van der Waals surface area contributed by atoms with Gasteiger partial charge in [-0.2, -0.15) is 0 Å². The molecule has 0 saturated carbocycles. The predicted molar refractivity (Wildman–Crippen MR) is 157 cm³/mol. The van der Waals surface area contributed by atoms with E-state index in [1.54, 1.807) is 0 Å². The third-order valence-electron chi connectivity index (χ3n) is 7.92. The fourth-order valence-electron chi connectivity index (χ4n) is 5.16. The number of hydrogen-bond donors (Lipinski definition) is 0. The van der Waals surface area contributed by atoms with E-state index in [2.05, 4.69) is 119 Å². The molecular formula is C34H43N3. The molecule has 0 aliphatic carbocycles. The van der Waals surface area contributed by atoms with E-state index in [-0.39, 0.29) is 5.41 Å². The van der Waals surface area contributed by atoms with Crippen LogP contribution >= 0.6 is 0 Å². The third kappa shape index (κ3) is 5.87. The molecule has 0 fully saturated rings. The summed E-state index contributed by atoms with van der Waals surface area (Å²) in [7, 11) is 0. The first-order valence-corrected chi connectivity index (χ1v) is 14.1. The monoisotopic (exact) mass is 493 g/mol. The molecule has 0 amide bonds. The van der Waals surface area contributed by atoms with Gasteiger partial charge in [0.05, 0.1) is 5.69 Å². The van der Waals surface area contributed by atoms with Crippen molar-refractivity contribution >= 4 is 0 Å². The van der Waals surface area contributed by atoms with Crippen LogP contribution < -0.4 is 0 Å². The van der Waals surface area contributed by atoms with E-state index < -0.39 is 0 Å². The molecule has 0 aliphatic heterocycles. The Morgan fingerprint density at radius 2 is 1.51 bits per heavy atom. The normalized spacial score (nSPS) is 12.6. The fourth-order valence-corrected chi connectivity index (χ4v) is 5.16. The van der Waals surface area contributed by atoms with Gasteiger partial charge in [-0.25, -0.2) is 0 Å². The minimum absolute atomic E-state index is 0.0705. The molecule has 0 bridgehead atoms. The summed E-state index contributed by atoms with van der Waals surface area (Å²) in [5.74, 6) is 2.27. The van der Waals surface area contributed by atoms with Crippen LogP contribution in [0.2, 0.25) is 0 Å². The number of hydrogen-bond acceptors (Lipinski definition) is 2. The summed E-state index contributed by atoms with van der Waals surface area (Å²) in [6.45, 7) is 13.5. The average molecular weight is 494 g/mol. The van der Waals surface area contributed by atoms with Crippen LogP contribution in [-0.4, -0.2) is 14.8 Å². The first-order chi connectivity index (χ1) is 17.9. The van der Waals surface area contributed by atoms with Gasteiger partial charge in [-0.3, -0.25) is 4.57 Å². The molecule has 1 unspecified atom stereocenters. The number of aryl methyl sites for hydroxylation is 2. The summed E-state index contributed by atoms with van der Waals surface area (Å²) in [5, 5.41) is 9.43. The quantitative estimate of drug-likeness (QED) is 0.195. The van der Waals surface area contributed by atoms with Gasteiger partial charge < -0.3 is 0 Å². The highest BCUT2D eigenvalue weighted by atomic mass is 15.3. The van der Waals surface area contributed by atoms with Gasteiger partial charge in [0, 0.05) is 16.9 Å². The highest BCUT2D eigenvalue weighted by molar-refractivity contribution is 5.61. The number of aromatic nitrogens is 3. The Kier molecular flexibility index (Phi) is 8.63. The fraction of sp³-hybridized carbons (Fsp3) is 0.412. The Morgan fingerprint density at radius 1 is 0.811 bits per heavy atom. The van der Waals surface area contributed by atoms with Crippen LogP contribution in [0.5, 0.6) is 0 Å². The first-order valence-electron chi connectivity index (χ1n) is 14.1. The summed E-state index contributed by atoms with van der Waals surface area (Å²) in [4.78, 5) is 0. The van der Waals surface area contributed by atoms with Crippen LogP contribution in [0, 0.1) is 6.92 Å². The van der Waals surface area contributed by atoms with Crippen LogP contribution in [0.15, 0.2) is 72.8 Å². The summed E-state index contributed by atoms with van der Waals surface area (Å²) >= 11 is 0. The molecule has 1 aromatic heterocycles. The lowest BCUT2D eigenvalue weighted by Gasteiger charge is -2.26. The molecule has 1 atom stereocenters. The molecule has 0 N–H and O–H groups in total. The van der Waals surface area contributed by atoms with Crippen molar-refractivity contribution in [2.45, 2.75) is 91.4 Å². The van der Waals surface area contributed by atoms with Crippen molar-refractivity contribution in [2.24, 2.45) is 0 Å². The van der Waals surface area contributed by atoms with Crippen molar-refractivity contribution < 1.29 is 0 Å². The van der Waals surface area contributed by atoms with E-state index in [9.17, 15) is 0 Å². The maximum Gasteiger partial charge on any atom is 0.168 e. The second-order valence-electron chi connectivity index (χ2n) is 11.0. The molecule has 3 heteroatoms. The minimum atomic E-state index is -0.0705. The van der Waals surface area contributed by atoms with Gasteiger partial charge in [-0.1, -0.05) is 121 Å². The molecule has 3 nitrogen and oxygen atoms in total. The summed E-state index contributed by atoms with van der Waals surface area (Å²) in [6.07, 6.45) is 7.33. The Balaban J connectivity index is 1.69. The zero-order valence-corrected chi connectivity index (χ0v) is 23.6. The second kappa shape index (κ2) is 11.9. The van der Waals surface area contributed by atoms with Gasteiger partial charge in [-0.05, 0) is 54.5 Å². The predicted octanol–water partition coefficient (Wildman–Crippen LogP) is 9.20. The number of benzene rings is 3. The first kappa shape index (κ1) is 26.9. The summed E-state index contributed by atoms with van der Waals surface area (Å²) in [6, 6.07) is 26.6. The molecular weight excluding hydrogens is 450 g/mol. The molecule has 0 aliphatic rings. The van der Waals surface area contributed by atoms with E-state index in [0.717, 1.165) is 30.1 Å². The Hall–Kier alpha value is -3.20. The van der Waals surface area contributed by atoms with Crippen LogP contribution in [0.1, 0.15) is 101 Å². The molecule has 4 aromatic rings. The lowest BCUT2D eigenvalue weighted by Crippen LogP contribution is -2.18. The molecule has 194 valence electrons. The van der Waals surface area contributed by atoms with Gasteiger partial charge in [0.2, 0.25) is 0 Å². The van der Waals surface area contributed by atoms with E-state index in [4.69, 9.17) is 10.2 Å². The van der Waals surface area contributed by atoms with Gasteiger partial charge in [0.15, 0.2) is 5.82 Å². The van der Waals surface area contributed by atoms with Crippen LogP contribution in [0.3, 0.4) is 0 Å². The zero-order valence-electron chi connectivity index (χ0n) is 23.6. The average Bonchev–Trinajstić information content (AvgIpc) is 3.36. The standard InChI is InChI=1S/C34H43N3/c1-7-9-10-12-15-27-18-23-31(26(4)24-27)37-32(25(3)8-2)35-36-33(37)28-19-21-30(22-20-28)34(5,6)29-16-13-11-14-17-29/h11,13-14,16-25H,7-10,12,15H2,1-6H3. The molecule has 0 spiro atoms. The van der Waals surface area contributed by atoms with E-state index in [1.807, 2.05) is 0 Å². The largest absolute Gasteiger partial charge is 0.279 e. The van der Waals surface area contributed by atoms with E-state index in [1.165, 1.54) is 53.6 Å². The van der Waals surface area contributed by atoms with Gasteiger partial charge in [0.25, 0.3) is 0 Å². The highest BCUT2D eigenvalue weighted by Gasteiger charge is 2.24. The van der Waals surface area contributed by atoms with Crippen molar-refractivity contribution in [1.82, 2.24) is 14.8 Å². The Morgan fingerprint density at radius 3 is 2.16 bits per heavy atom. The van der Waals surface area contributed by atoms with Crippen molar-refractivity contribution in [3.8, 4) is 17.1 Å². The van der Waals surface area contributed by atoms with Crippen molar-refractivity contribution in [3.63, 3.8) is 0 Å². The number of unbranched alkanes of at least 4 members (excludes halogenated alkanes) is 3. The topological polar surface area (TPSA) is 30.7 Å². The molecule has 0 saturated heterocycles. The second-order valence-corrected chi connectivity index (χ2v) is 11.0. The molecule has 4 rings (SSSR count). The molecule has 1 heterocycles. The summed E-state index contributed by atoms with van der Waals surface area (Å²) < 4.78 is 2.29. The molecule has 37 heavy (non-hydrogen) atoms. The van der Waals surface area contributed by atoms with Crippen molar-refractivity contribution in [2.75, 3.05) is 0 Å². The van der Waals surface area contributed by atoms with E-state index >= 15 is 0 Å². The number of rotatable bonds is 11. The highest BCUT2D eigenvalue weighted by Crippen LogP contribution is 2.34. The van der Waals surface area contributed by atoms with Crippen LogP contribution in [-0.2, 0) is 11.8 Å².